The number of ether oxygens (including phenoxy) is 4. The molecule has 0 heterocycles. The maximum absolute atomic E-state index is 11.7. The van der Waals surface area contributed by atoms with Crippen molar-refractivity contribution in [3.05, 3.63) is 85.5 Å². The van der Waals surface area contributed by atoms with Gasteiger partial charge in [0, 0.05) is 24.6 Å². The Morgan fingerprint density at radius 3 is 1.76 bits per heavy atom. The van der Waals surface area contributed by atoms with E-state index in [-0.39, 0.29) is 19.8 Å². The summed E-state index contributed by atoms with van der Waals surface area (Å²) >= 11 is 0. The molecule has 0 radical (unpaired) electrons. The first kappa shape index (κ1) is 25.1. The zero-order valence-corrected chi connectivity index (χ0v) is 18.2. The molecule has 0 saturated carbocycles. The standard InChI is InChI=1S/C26H26O7/c1-3-24(27)31-17-5-16-30-23-13-11-22(12-14-23)21-9-6-20(7-10-21)8-15-26(29)33-19-18-32-25(28)4-2/h3-4,6-15H,1-2,5,16-19H2/b15-8+. The molecular weight excluding hydrogens is 424 g/mol. The first-order chi connectivity index (χ1) is 16.0. The maximum Gasteiger partial charge on any atom is 0.330 e. The Morgan fingerprint density at radius 2 is 1.18 bits per heavy atom. The maximum atomic E-state index is 11.7. The second kappa shape index (κ2) is 14.0. The Kier molecular flexibility index (Phi) is 10.7. The Bertz CT molecular complexity index is 973. The Balaban J connectivity index is 1.77. The fourth-order valence-corrected chi connectivity index (χ4v) is 2.57. The Labute approximate surface area is 192 Å². The van der Waals surface area contributed by atoms with Gasteiger partial charge in [-0.3, -0.25) is 0 Å². The van der Waals surface area contributed by atoms with E-state index >= 15 is 0 Å². The van der Waals surface area contributed by atoms with Gasteiger partial charge in [0.25, 0.3) is 0 Å². The molecule has 0 bridgehead atoms. The second-order valence-corrected chi connectivity index (χ2v) is 6.59. The SMILES string of the molecule is C=CC(=O)OCCCOc1ccc(-c2ccc(/C=C/C(=O)OCCOC(=O)C=C)cc2)cc1. The summed E-state index contributed by atoms with van der Waals surface area (Å²) in [5.41, 5.74) is 2.87. The van der Waals surface area contributed by atoms with Gasteiger partial charge in [-0.15, -0.1) is 0 Å². The summed E-state index contributed by atoms with van der Waals surface area (Å²) in [6.07, 6.45) is 5.72. The van der Waals surface area contributed by atoms with E-state index in [9.17, 15) is 14.4 Å². The van der Waals surface area contributed by atoms with Gasteiger partial charge in [0.05, 0.1) is 13.2 Å². The number of carbonyl (C=O) groups excluding carboxylic acids is 3. The Morgan fingerprint density at radius 1 is 0.667 bits per heavy atom. The van der Waals surface area contributed by atoms with Gasteiger partial charge in [0.2, 0.25) is 0 Å². The molecule has 0 aliphatic heterocycles. The molecule has 0 atom stereocenters. The lowest BCUT2D eigenvalue weighted by molar-refractivity contribution is -0.145. The van der Waals surface area contributed by atoms with Gasteiger partial charge in [0.15, 0.2) is 0 Å². The average Bonchev–Trinajstić information content (AvgIpc) is 2.85. The molecule has 2 aromatic carbocycles. The summed E-state index contributed by atoms with van der Waals surface area (Å²) in [4.78, 5) is 33.5. The van der Waals surface area contributed by atoms with E-state index in [1.54, 1.807) is 6.08 Å². The van der Waals surface area contributed by atoms with Gasteiger partial charge in [0.1, 0.15) is 19.0 Å². The third-order valence-electron chi connectivity index (χ3n) is 4.22. The first-order valence-corrected chi connectivity index (χ1v) is 10.3. The quantitative estimate of drug-likeness (QED) is 0.196. The molecule has 0 saturated heterocycles. The topological polar surface area (TPSA) is 88.1 Å². The van der Waals surface area contributed by atoms with Gasteiger partial charge >= 0.3 is 17.9 Å². The molecule has 0 aromatic heterocycles. The first-order valence-electron chi connectivity index (χ1n) is 10.3. The van der Waals surface area contributed by atoms with Gasteiger partial charge in [-0.1, -0.05) is 49.6 Å². The minimum absolute atomic E-state index is 0.0197. The third-order valence-corrected chi connectivity index (χ3v) is 4.22. The van der Waals surface area contributed by atoms with Crippen LogP contribution in [0, 0.1) is 0 Å². The van der Waals surface area contributed by atoms with E-state index in [0.717, 1.165) is 34.6 Å². The smallest absolute Gasteiger partial charge is 0.330 e. The normalized spacial score (nSPS) is 10.3. The van der Waals surface area contributed by atoms with Gasteiger partial charge in [-0.25, -0.2) is 14.4 Å². The van der Waals surface area contributed by atoms with Crippen LogP contribution in [0.5, 0.6) is 5.75 Å². The minimum Gasteiger partial charge on any atom is -0.493 e. The largest absolute Gasteiger partial charge is 0.493 e. The highest BCUT2D eigenvalue weighted by molar-refractivity contribution is 5.87. The highest BCUT2D eigenvalue weighted by Crippen LogP contribution is 2.23. The predicted molar refractivity (Wildman–Crippen MR) is 124 cm³/mol. The van der Waals surface area contributed by atoms with Crippen LogP contribution < -0.4 is 4.74 Å². The van der Waals surface area contributed by atoms with Crippen LogP contribution in [0.3, 0.4) is 0 Å². The summed E-state index contributed by atoms with van der Waals surface area (Å²) in [7, 11) is 0. The third kappa shape index (κ3) is 9.69. The van der Waals surface area contributed by atoms with E-state index in [4.69, 9.17) is 18.9 Å². The lowest BCUT2D eigenvalue weighted by atomic mass is 10.0. The summed E-state index contributed by atoms with van der Waals surface area (Å²) < 4.78 is 20.2. The lowest BCUT2D eigenvalue weighted by Gasteiger charge is -2.08. The minimum atomic E-state index is -0.562. The number of rotatable bonds is 13. The molecule has 0 amide bonds. The Hall–Kier alpha value is -4.13. The van der Waals surface area contributed by atoms with Crippen LogP contribution in [0.2, 0.25) is 0 Å². The van der Waals surface area contributed by atoms with E-state index in [0.29, 0.717) is 13.0 Å². The summed E-state index contributed by atoms with van der Waals surface area (Å²) in [6.45, 7) is 7.29. The van der Waals surface area contributed by atoms with Gasteiger partial charge < -0.3 is 18.9 Å². The highest BCUT2D eigenvalue weighted by Gasteiger charge is 2.02. The van der Waals surface area contributed by atoms with Crippen molar-refractivity contribution in [3.8, 4) is 16.9 Å². The molecule has 0 fully saturated rings. The molecule has 0 spiro atoms. The molecule has 2 aromatic rings. The molecule has 7 heteroatoms. The molecular formula is C26H26O7. The summed E-state index contributed by atoms with van der Waals surface area (Å²) in [6, 6.07) is 15.3. The molecule has 0 aliphatic rings. The van der Waals surface area contributed by atoms with Crippen molar-refractivity contribution in [1.29, 1.82) is 0 Å². The second-order valence-electron chi connectivity index (χ2n) is 6.59. The molecule has 0 unspecified atom stereocenters. The lowest BCUT2D eigenvalue weighted by Crippen LogP contribution is -2.11. The fourth-order valence-electron chi connectivity index (χ4n) is 2.57. The zero-order chi connectivity index (χ0) is 23.9. The monoisotopic (exact) mass is 450 g/mol. The number of benzene rings is 2. The van der Waals surface area contributed by atoms with Crippen LogP contribution in [0.1, 0.15) is 12.0 Å². The summed E-state index contributed by atoms with van der Waals surface area (Å²) in [5, 5.41) is 0. The number of carbonyl (C=O) groups is 3. The van der Waals surface area contributed by atoms with Crippen LogP contribution in [0.4, 0.5) is 0 Å². The average molecular weight is 450 g/mol. The zero-order valence-electron chi connectivity index (χ0n) is 18.2. The van der Waals surface area contributed by atoms with Crippen LogP contribution in [-0.4, -0.2) is 44.3 Å². The van der Waals surface area contributed by atoms with E-state index in [1.807, 2.05) is 48.5 Å². The number of esters is 3. The van der Waals surface area contributed by atoms with Crippen molar-refractivity contribution in [2.24, 2.45) is 0 Å². The van der Waals surface area contributed by atoms with Gasteiger partial charge in [-0.2, -0.15) is 0 Å². The van der Waals surface area contributed by atoms with E-state index in [1.165, 1.54) is 6.08 Å². The highest BCUT2D eigenvalue weighted by atomic mass is 16.6. The van der Waals surface area contributed by atoms with E-state index in [2.05, 4.69) is 13.2 Å². The van der Waals surface area contributed by atoms with E-state index < -0.39 is 17.9 Å². The molecule has 2 rings (SSSR count). The van der Waals surface area contributed by atoms with Crippen molar-refractivity contribution < 1.29 is 33.3 Å². The van der Waals surface area contributed by atoms with Crippen molar-refractivity contribution in [2.75, 3.05) is 26.4 Å². The summed E-state index contributed by atoms with van der Waals surface area (Å²) in [5.74, 6) is -0.800. The molecule has 0 aliphatic carbocycles. The molecule has 7 nitrogen and oxygen atoms in total. The van der Waals surface area contributed by atoms with Crippen LogP contribution in [0.15, 0.2) is 79.9 Å². The van der Waals surface area contributed by atoms with Gasteiger partial charge in [-0.05, 0) is 34.9 Å². The van der Waals surface area contributed by atoms with Crippen LogP contribution in [0.25, 0.3) is 17.2 Å². The molecule has 33 heavy (non-hydrogen) atoms. The van der Waals surface area contributed by atoms with Crippen molar-refractivity contribution in [3.63, 3.8) is 0 Å². The van der Waals surface area contributed by atoms with Crippen molar-refractivity contribution in [1.82, 2.24) is 0 Å². The van der Waals surface area contributed by atoms with Crippen LogP contribution in [-0.2, 0) is 28.6 Å². The number of hydrogen-bond donors (Lipinski definition) is 0. The van der Waals surface area contributed by atoms with Crippen molar-refractivity contribution in [2.45, 2.75) is 6.42 Å². The number of hydrogen-bond acceptors (Lipinski definition) is 7. The molecule has 0 N–H and O–H groups in total. The molecule has 172 valence electrons. The fraction of sp³-hybridized carbons (Fsp3) is 0.192. The van der Waals surface area contributed by atoms with Crippen LogP contribution >= 0.6 is 0 Å². The predicted octanol–water partition coefficient (Wildman–Crippen LogP) is 4.14. The van der Waals surface area contributed by atoms with Crippen molar-refractivity contribution >= 4 is 24.0 Å².